The van der Waals surface area contributed by atoms with Crippen molar-refractivity contribution in [3.63, 3.8) is 0 Å². The minimum atomic E-state index is 0.138. The van der Waals surface area contributed by atoms with E-state index in [1.807, 2.05) is 6.07 Å². The van der Waals surface area contributed by atoms with Crippen molar-refractivity contribution < 1.29 is 9.47 Å². The molecule has 1 heterocycles. The number of benzene rings is 1. The molecule has 0 atom stereocenters. The van der Waals surface area contributed by atoms with Crippen molar-refractivity contribution in [2.24, 2.45) is 0 Å². The number of ether oxygens (including phenoxy) is 2. The van der Waals surface area contributed by atoms with Crippen LogP contribution in [0.4, 0.5) is 0 Å². The van der Waals surface area contributed by atoms with Crippen molar-refractivity contribution in [1.29, 1.82) is 0 Å². The maximum absolute atomic E-state index is 5.75. The molecular formula is C18H27NO2. The summed E-state index contributed by atoms with van der Waals surface area (Å²) in [5.74, 6) is 1.72. The van der Waals surface area contributed by atoms with Crippen LogP contribution in [0.15, 0.2) is 23.8 Å². The number of hydrogen-bond donors (Lipinski definition) is 1. The van der Waals surface area contributed by atoms with Crippen LogP contribution in [0.3, 0.4) is 0 Å². The second-order valence-corrected chi connectivity index (χ2v) is 6.52. The summed E-state index contributed by atoms with van der Waals surface area (Å²) in [4.78, 5) is 0. The van der Waals surface area contributed by atoms with Gasteiger partial charge in [0.25, 0.3) is 0 Å². The first-order valence-corrected chi connectivity index (χ1v) is 7.82. The predicted molar refractivity (Wildman–Crippen MR) is 88.1 cm³/mol. The van der Waals surface area contributed by atoms with Gasteiger partial charge in [0.2, 0.25) is 0 Å². The van der Waals surface area contributed by atoms with Crippen LogP contribution in [0.1, 0.15) is 46.1 Å². The Labute approximate surface area is 128 Å². The van der Waals surface area contributed by atoms with Crippen LogP contribution >= 0.6 is 0 Å². The summed E-state index contributed by atoms with van der Waals surface area (Å²) in [7, 11) is 0. The van der Waals surface area contributed by atoms with E-state index in [9.17, 15) is 0 Å². The summed E-state index contributed by atoms with van der Waals surface area (Å²) in [6.45, 7) is 11.1. The molecule has 3 nitrogen and oxygen atoms in total. The summed E-state index contributed by atoms with van der Waals surface area (Å²) in [6.07, 6.45) is 4.22. The van der Waals surface area contributed by atoms with Gasteiger partial charge < -0.3 is 14.8 Å². The molecule has 1 aromatic rings. The quantitative estimate of drug-likeness (QED) is 0.907. The second-order valence-electron chi connectivity index (χ2n) is 6.52. The van der Waals surface area contributed by atoms with E-state index in [2.05, 4.69) is 51.2 Å². The van der Waals surface area contributed by atoms with E-state index in [-0.39, 0.29) is 5.54 Å². The van der Waals surface area contributed by atoms with Crippen molar-refractivity contribution >= 4 is 6.08 Å². The first-order valence-electron chi connectivity index (χ1n) is 7.82. The second kappa shape index (κ2) is 6.99. The normalized spacial score (nSPS) is 15.7. The molecule has 116 valence electrons. The first kappa shape index (κ1) is 15.9. The fourth-order valence-corrected chi connectivity index (χ4v) is 2.16. The van der Waals surface area contributed by atoms with Gasteiger partial charge in [-0.1, -0.05) is 24.6 Å². The van der Waals surface area contributed by atoms with Gasteiger partial charge in [0.05, 0.1) is 13.2 Å². The molecule has 1 N–H and O–H groups in total. The van der Waals surface area contributed by atoms with Gasteiger partial charge in [-0.05, 0) is 44.9 Å². The van der Waals surface area contributed by atoms with E-state index in [1.54, 1.807) is 0 Å². The third kappa shape index (κ3) is 5.09. The van der Waals surface area contributed by atoms with Gasteiger partial charge in [-0.15, -0.1) is 0 Å². The number of rotatable bonds is 4. The lowest BCUT2D eigenvalue weighted by molar-refractivity contribution is 0.297. The topological polar surface area (TPSA) is 30.5 Å². The van der Waals surface area contributed by atoms with Gasteiger partial charge in [-0.2, -0.15) is 0 Å². The van der Waals surface area contributed by atoms with E-state index < -0.39 is 0 Å². The maximum Gasteiger partial charge on any atom is 0.161 e. The van der Waals surface area contributed by atoms with E-state index in [0.29, 0.717) is 0 Å². The van der Waals surface area contributed by atoms with Crippen LogP contribution in [0, 0.1) is 0 Å². The lowest BCUT2D eigenvalue weighted by atomic mass is 10.1. The van der Waals surface area contributed by atoms with Crippen LogP contribution in [-0.4, -0.2) is 25.3 Å². The Hall–Kier alpha value is -1.48. The molecule has 0 radical (unpaired) electrons. The fourth-order valence-electron chi connectivity index (χ4n) is 2.16. The molecule has 1 aliphatic rings. The van der Waals surface area contributed by atoms with Crippen LogP contribution in [0.2, 0.25) is 0 Å². The Bertz CT molecular complexity index is 500. The summed E-state index contributed by atoms with van der Waals surface area (Å²) in [5, 5.41) is 3.54. The summed E-state index contributed by atoms with van der Waals surface area (Å²) in [6, 6.07) is 6.19. The van der Waals surface area contributed by atoms with Crippen molar-refractivity contribution in [2.45, 2.75) is 46.1 Å². The predicted octanol–water partition coefficient (Wildman–Crippen LogP) is 4.03. The van der Waals surface area contributed by atoms with Crippen molar-refractivity contribution in [1.82, 2.24) is 5.32 Å². The minimum Gasteiger partial charge on any atom is -0.490 e. The highest BCUT2D eigenvalue weighted by Crippen LogP contribution is 2.31. The SMILES string of the molecule is CCC(=Cc1ccc2c(c1)OCCCO2)CNC(C)(C)C. The van der Waals surface area contributed by atoms with Crippen LogP contribution in [0.5, 0.6) is 11.5 Å². The molecule has 0 spiro atoms. The molecule has 3 heteroatoms. The highest BCUT2D eigenvalue weighted by Gasteiger charge is 2.11. The Morgan fingerprint density at radius 2 is 1.90 bits per heavy atom. The minimum absolute atomic E-state index is 0.138. The average molecular weight is 289 g/mol. The van der Waals surface area contributed by atoms with Gasteiger partial charge in [0, 0.05) is 18.5 Å². The lowest BCUT2D eigenvalue weighted by Gasteiger charge is -2.21. The van der Waals surface area contributed by atoms with Crippen LogP contribution in [-0.2, 0) is 0 Å². The van der Waals surface area contributed by atoms with Crippen LogP contribution in [0.25, 0.3) is 6.08 Å². The Morgan fingerprint density at radius 3 is 2.57 bits per heavy atom. The van der Waals surface area contributed by atoms with Gasteiger partial charge in [0.1, 0.15) is 0 Å². The summed E-state index contributed by atoms with van der Waals surface area (Å²) in [5.41, 5.74) is 2.70. The largest absolute Gasteiger partial charge is 0.490 e. The van der Waals surface area contributed by atoms with E-state index >= 15 is 0 Å². The Morgan fingerprint density at radius 1 is 1.19 bits per heavy atom. The number of nitrogens with one attached hydrogen (secondary N) is 1. The monoisotopic (exact) mass is 289 g/mol. The molecule has 1 aromatic carbocycles. The molecule has 0 aliphatic carbocycles. The third-order valence-corrected chi connectivity index (χ3v) is 3.44. The number of fused-ring (bicyclic) bond motifs is 1. The molecule has 0 bridgehead atoms. The van der Waals surface area contributed by atoms with Crippen LogP contribution < -0.4 is 14.8 Å². The first-order chi connectivity index (χ1) is 9.98. The molecule has 0 saturated carbocycles. The smallest absolute Gasteiger partial charge is 0.161 e. The molecule has 0 fully saturated rings. The van der Waals surface area contributed by atoms with Crippen molar-refractivity contribution in [2.75, 3.05) is 19.8 Å². The van der Waals surface area contributed by atoms with E-state index in [4.69, 9.17) is 9.47 Å². The molecule has 0 saturated heterocycles. The van der Waals surface area contributed by atoms with Crippen molar-refractivity contribution in [3.05, 3.63) is 29.3 Å². The summed E-state index contributed by atoms with van der Waals surface area (Å²) >= 11 is 0. The van der Waals surface area contributed by atoms with Crippen molar-refractivity contribution in [3.8, 4) is 11.5 Å². The summed E-state index contributed by atoms with van der Waals surface area (Å²) < 4.78 is 11.4. The highest BCUT2D eigenvalue weighted by molar-refractivity contribution is 5.58. The van der Waals surface area contributed by atoms with Gasteiger partial charge in [-0.25, -0.2) is 0 Å². The van der Waals surface area contributed by atoms with E-state index in [1.165, 1.54) is 11.1 Å². The number of hydrogen-bond acceptors (Lipinski definition) is 3. The Balaban J connectivity index is 2.12. The highest BCUT2D eigenvalue weighted by atomic mass is 16.5. The van der Waals surface area contributed by atoms with Gasteiger partial charge in [-0.3, -0.25) is 0 Å². The zero-order valence-corrected chi connectivity index (χ0v) is 13.7. The molecule has 0 aromatic heterocycles. The Kier molecular flexibility index (Phi) is 5.29. The molecule has 0 amide bonds. The zero-order valence-electron chi connectivity index (χ0n) is 13.7. The maximum atomic E-state index is 5.75. The molecular weight excluding hydrogens is 262 g/mol. The lowest BCUT2D eigenvalue weighted by Crippen LogP contribution is -2.36. The van der Waals surface area contributed by atoms with Gasteiger partial charge in [0.15, 0.2) is 11.5 Å². The van der Waals surface area contributed by atoms with E-state index in [0.717, 1.165) is 44.1 Å². The zero-order chi connectivity index (χ0) is 15.3. The fraction of sp³-hybridized carbons (Fsp3) is 0.556. The van der Waals surface area contributed by atoms with Gasteiger partial charge >= 0.3 is 0 Å². The molecule has 21 heavy (non-hydrogen) atoms. The average Bonchev–Trinajstić information content (AvgIpc) is 2.67. The molecule has 1 aliphatic heterocycles. The third-order valence-electron chi connectivity index (χ3n) is 3.44. The molecule has 0 unspecified atom stereocenters. The molecule has 2 rings (SSSR count). The standard InChI is InChI=1S/C18H27NO2/c1-5-14(13-19-18(2,3)4)11-15-7-8-16-17(12-15)21-10-6-9-20-16/h7-8,11-12,19H,5-6,9-10,13H2,1-4H3.